The number of aryl methyl sites for hydroxylation is 1. The number of nitrogens with one attached hydrogen (secondary N) is 2. The van der Waals surface area contributed by atoms with Crippen molar-refractivity contribution in [3.8, 4) is 0 Å². The number of rotatable bonds is 4. The summed E-state index contributed by atoms with van der Waals surface area (Å²) in [6.07, 6.45) is 0.177. The zero-order valence-electron chi connectivity index (χ0n) is 12.8. The van der Waals surface area contributed by atoms with Crippen molar-refractivity contribution in [2.45, 2.75) is 30.0 Å². The van der Waals surface area contributed by atoms with Gasteiger partial charge in [-0.2, -0.15) is 0 Å². The van der Waals surface area contributed by atoms with Crippen LogP contribution in [0.25, 0.3) is 0 Å². The third kappa shape index (κ3) is 3.74. The molecule has 5 heteroatoms. The number of carbonyl (C=O) groups is 2. The second-order valence-electron chi connectivity index (χ2n) is 5.50. The van der Waals surface area contributed by atoms with Gasteiger partial charge in [0, 0.05) is 17.9 Å². The Labute approximate surface area is 139 Å². The lowest BCUT2D eigenvalue weighted by molar-refractivity contribution is -0.124. The van der Waals surface area contributed by atoms with Gasteiger partial charge in [0.2, 0.25) is 11.8 Å². The van der Waals surface area contributed by atoms with Crippen molar-refractivity contribution in [3.63, 3.8) is 0 Å². The molecule has 3 rings (SSSR count). The molecule has 2 N–H and O–H groups in total. The quantitative estimate of drug-likeness (QED) is 0.907. The lowest BCUT2D eigenvalue weighted by Crippen LogP contribution is -2.34. The second-order valence-corrected chi connectivity index (χ2v) is 6.74. The predicted octanol–water partition coefficient (Wildman–Crippen LogP) is 3.11. The van der Waals surface area contributed by atoms with Gasteiger partial charge in [0.25, 0.3) is 0 Å². The number of carbonyl (C=O) groups excluding carboxylic acids is 2. The van der Waals surface area contributed by atoms with Gasteiger partial charge in [0.1, 0.15) is 0 Å². The predicted molar refractivity (Wildman–Crippen MR) is 92.4 cm³/mol. The van der Waals surface area contributed by atoms with Crippen molar-refractivity contribution < 1.29 is 9.59 Å². The van der Waals surface area contributed by atoms with Crippen LogP contribution in [0.3, 0.4) is 0 Å². The highest BCUT2D eigenvalue weighted by Gasteiger charge is 2.28. The Hall–Kier alpha value is -2.27. The number of anilines is 1. The summed E-state index contributed by atoms with van der Waals surface area (Å²) >= 11 is 1.45. The topological polar surface area (TPSA) is 58.2 Å². The van der Waals surface area contributed by atoms with Crippen molar-refractivity contribution in [2.24, 2.45) is 0 Å². The first kappa shape index (κ1) is 15.6. The molecule has 4 nitrogen and oxygen atoms in total. The molecule has 1 heterocycles. The summed E-state index contributed by atoms with van der Waals surface area (Å²) in [7, 11) is 0. The van der Waals surface area contributed by atoms with Gasteiger partial charge in [-0.1, -0.05) is 36.4 Å². The maximum Gasteiger partial charge on any atom is 0.238 e. The van der Waals surface area contributed by atoms with E-state index in [1.54, 1.807) is 0 Å². The van der Waals surface area contributed by atoms with Gasteiger partial charge in [0.15, 0.2) is 0 Å². The Kier molecular flexibility index (Phi) is 4.67. The van der Waals surface area contributed by atoms with Gasteiger partial charge in [-0.25, -0.2) is 0 Å². The van der Waals surface area contributed by atoms with Crippen LogP contribution in [0.15, 0.2) is 53.4 Å². The highest BCUT2D eigenvalue weighted by Crippen LogP contribution is 2.36. The van der Waals surface area contributed by atoms with E-state index in [1.807, 2.05) is 55.5 Å². The Morgan fingerprint density at radius 2 is 1.91 bits per heavy atom. The maximum absolute atomic E-state index is 12.1. The molecule has 2 aromatic rings. The number of fused-ring (bicyclic) bond motifs is 1. The normalized spacial score (nSPS) is 16.4. The summed E-state index contributed by atoms with van der Waals surface area (Å²) in [6, 6.07) is 15.6. The summed E-state index contributed by atoms with van der Waals surface area (Å²) in [6.45, 7) is 2.50. The minimum absolute atomic E-state index is 0.111. The Balaban J connectivity index is 1.58. The molecule has 0 fully saturated rings. The van der Waals surface area contributed by atoms with Crippen LogP contribution >= 0.6 is 11.8 Å². The van der Waals surface area contributed by atoms with Crippen molar-refractivity contribution in [3.05, 3.63) is 59.7 Å². The van der Waals surface area contributed by atoms with E-state index in [-0.39, 0.29) is 23.5 Å². The number of amides is 2. The number of benzene rings is 2. The first-order valence-corrected chi connectivity index (χ1v) is 8.39. The molecular formula is C18H18N2O2S. The highest BCUT2D eigenvalue weighted by molar-refractivity contribution is 8.01. The molecule has 23 heavy (non-hydrogen) atoms. The van der Waals surface area contributed by atoms with Crippen LogP contribution in [0.4, 0.5) is 5.69 Å². The number of hydrogen-bond acceptors (Lipinski definition) is 3. The van der Waals surface area contributed by atoms with Gasteiger partial charge < -0.3 is 10.6 Å². The fraction of sp³-hybridized carbons (Fsp3) is 0.222. The Morgan fingerprint density at radius 1 is 1.17 bits per heavy atom. The van der Waals surface area contributed by atoms with Gasteiger partial charge in [-0.05, 0) is 30.2 Å². The number of thioether (sulfide) groups is 1. The summed E-state index contributed by atoms with van der Waals surface area (Å²) in [5, 5.41) is 5.37. The molecule has 0 spiro atoms. The molecule has 2 aromatic carbocycles. The lowest BCUT2D eigenvalue weighted by Gasteiger charge is -2.23. The third-order valence-electron chi connectivity index (χ3n) is 3.81. The molecule has 0 unspecified atom stereocenters. The first-order valence-electron chi connectivity index (χ1n) is 7.51. The minimum Gasteiger partial charge on any atom is -0.352 e. The van der Waals surface area contributed by atoms with E-state index in [2.05, 4.69) is 10.6 Å². The summed E-state index contributed by atoms with van der Waals surface area (Å²) < 4.78 is 0. The molecule has 0 aliphatic carbocycles. The fourth-order valence-corrected chi connectivity index (χ4v) is 3.58. The standard InChI is InChI=1S/C18H18N2O2S/c1-12-6-2-3-7-13(12)11-19-17(21)10-16-18(22)20-14-8-4-5-9-15(14)23-16/h2-9,16H,10-11H2,1H3,(H,19,21)(H,20,22)/t16-/m0/s1. The van der Waals surface area contributed by atoms with E-state index in [0.29, 0.717) is 6.54 Å². The summed E-state index contributed by atoms with van der Waals surface area (Å²) in [5.41, 5.74) is 3.05. The summed E-state index contributed by atoms with van der Waals surface area (Å²) in [5.74, 6) is -0.222. The van der Waals surface area contributed by atoms with Crippen LogP contribution < -0.4 is 10.6 Å². The van der Waals surface area contributed by atoms with E-state index in [4.69, 9.17) is 0 Å². The monoisotopic (exact) mass is 326 g/mol. The largest absolute Gasteiger partial charge is 0.352 e. The maximum atomic E-state index is 12.1. The SMILES string of the molecule is Cc1ccccc1CNC(=O)C[C@@H]1Sc2ccccc2NC1=O. The van der Waals surface area contributed by atoms with Crippen LogP contribution in [-0.4, -0.2) is 17.1 Å². The molecule has 1 atom stereocenters. The van der Waals surface area contributed by atoms with Crippen molar-refractivity contribution in [1.29, 1.82) is 0 Å². The zero-order chi connectivity index (χ0) is 16.2. The van der Waals surface area contributed by atoms with Gasteiger partial charge in [-0.15, -0.1) is 11.8 Å². The lowest BCUT2D eigenvalue weighted by atomic mass is 10.1. The van der Waals surface area contributed by atoms with Crippen molar-refractivity contribution >= 4 is 29.3 Å². The molecule has 118 valence electrons. The van der Waals surface area contributed by atoms with Crippen LogP contribution in [-0.2, 0) is 16.1 Å². The van der Waals surface area contributed by atoms with Crippen molar-refractivity contribution in [2.75, 3.05) is 5.32 Å². The van der Waals surface area contributed by atoms with E-state index in [9.17, 15) is 9.59 Å². The van der Waals surface area contributed by atoms with Crippen LogP contribution in [0.2, 0.25) is 0 Å². The summed E-state index contributed by atoms with van der Waals surface area (Å²) in [4.78, 5) is 25.3. The molecule has 1 aliphatic rings. The van der Waals surface area contributed by atoms with E-state index in [1.165, 1.54) is 11.8 Å². The van der Waals surface area contributed by atoms with Gasteiger partial charge in [-0.3, -0.25) is 9.59 Å². The zero-order valence-corrected chi connectivity index (χ0v) is 13.7. The van der Waals surface area contributed by atoms with E-state index >= 15 is 0 Å². The smallest absolute Gasteiger partial charge is 0.238 e. The first-order chi connectivity index (χ1) is 11.1. The van der Waals surface area contributed by atoms with Crippen LogP contribution in [0, 0.1) is 6.92 Å². The number of para-hydroxylation sites is 1. The van der Waals surface area contributed by atoms with Crippen molar-refractivity contribution in [1.82, 2.24) is 5.32 Å². The molecule has 0 radical (unpaired) electrons. The minimum atomic E-state index is -0.387. The average molecular weight is 326 g/mol. The van der Waals surface area contributed by atoms with Crippen LogP contribution in [0.5, 0.6) is 0 Å². The molecule has 2 amide bonds. The second kappa shape index (κ2) is 6.87. The Morgan fingerprint density at radius 3 is 2.74 bits per heavy atom. The third-order valence-corrected chi connectivity index (χ3v) is 5.09. The molecule has 0 bridgehead atoms. The Bertz CT molecular complexity index is 745. The van der Waals surface area contributed by atoms with Gasteiger partial charge in [0.05, 0.1) is 10.9 Å². The molecule has 0 aromatic heterocycles. The van der Waals surface area contributed by atoms with Crippen LogP contribution in [0.1, 0.15) is 17.5 Å². The average Bonchev–Trinajstić information content (AvgIpc) is 2.55. The highest BCUT2D eigenvalue weighted by atomic mass is 32.2. The molecule has 0 saturated heterocycles. The van der Waals surface area contributed by atoms with E-state index in [0.717, 1.165) is 21.7 Å². The van der Waals surface area contributed by atoms with Gasteiger partial charge >= 0.3 is 0 Å². The number of hydrogen-bond donors (Lipinski definition) is 2. The molecular weight excluding hydrogens is 308 g/mol. The molecule has 1 aliphatic heterocycles. The fourth-order valence-electron chi connectivity index (χ4n) is 2.47. The van der Waals surface area contributed by atoms with E-state index < -0.39 is 0 Å². The molecule has 0 saturated carbocycles.